The van der Waals surface area contributed by atoms with Crippen molar-refractivity contribution in [2.75, 3.05) is 6.54 Å². The van der Waals surface area contributed by atoms with Crippen LogP contribution in [0.25, 0.3) is 0 Å². The van der Waals surface area contributed by atoms with Crippen molar-refractivity contribution in [2.24, 2.45) is 5.73 Å². The quantitative estimate of drug-likeness (QED) is 0.466. The second kappa shape index (κ2) is 5.09. The zero-order valence-corrected chi connectivity index (χ0v) is 8.69. The van der Waals surface area contributed by atoms with E-state index in [1.54, 1.807) is 6.92 Å². The number of aliphatic carboxylic acids is 1. The predicted octanol–water partition coefficient (Wildman–Crippen LogP) is -1.34. The standard InChI is InChI=1S/C9H17N3O3/c1-5(10)8(13)12-6-2-3-11-7(4-6)9(14)15/h5-7,11H,2-4,10H2,1H3,(H,12,13)(H,14,15)/t5-,6-,7+/m0/s1. The number of hydrogen-bond donors (Lipinski definition) is 4. The zero-order valence-electron chi connectivity index (χ0n) is 8.69. The van der Waals surface area contributed by atoms with Gasteiger partial charge in [0.2, 0.25) is 5.91 Å². The third kappa shape index (κ3) is 3.49. The first-order valence-corrected chi connectivity index (χ1v) is 5.03. The SMILES string of the molecule is C[C@H](N)C(=O)N[C@H]1CCN[C@@H](C(=O)O)C1. The molecule has 1 rings (SSSR count). The van der Waals surface area contributed by atoms with Crippen LogP contribution in [0.2, 0.25) is 0 Å². The van der Waals surface area contributed by atoms with Gasteiger partial charge in [-0.1, -0.05) is 0 Å². The Morgan fingerprint density at radius 1 is 1.60 bits per heavy atom. The fourth-order valence-electron chi connectivity index (χ4n) is 1.57. The maximum absolute atomic E-state index is 11.3. The Balaban J connectivity index is 2.43. The van der Waals surface area contributed by atoms with Gasteiger partial charge in [-0.3, -0.25) is 9.59 Å². The van der Waals surface area contributed by atoms with E-state index in [0.717, 1.165) is 6.42 Å². The highest BCUT2D eigenvalue weighted by Gasteiger charge is 2.27. The average Bonchev–Trinajstić information content (AvgIpc) is 2.18. The second-order valence-electron chi connectivity index (χ2n) is 3.86. The third-order valence-electron chi connectivity index (χ3n) is 2.46. The molecule has 0 aromatic rings. The largest absolute Gasteiger partial charge is 0.480 e. The molecule has 0 spiro atoms. The molecule has 86 valence electrons. The van der Waals surface area contributed by atoms with Crippen molar-refractivity contribution in [3.63, 3.8) is 0 Å². The summed E-state index contributed by atoms with van der Waals surface area (Å²) in [5.74, 6) is -1.11. The van der Waals surface area contributed by atoms with Crippen molar-refractivity contribution >= 4 is 11.9 Å². The highest BCUT2D eigenvalue weighted by molar-refractivity contribution is 5.81. The lowest BCUT2D eigenvalue weighted by molar-refractivity contribution is -0.140. The van der Waals surface area contributed by atoms with Crippen LogP contribution in [0.15, 0.2) is 0 Å². The molecular formula is C9H17N3O3. The van der Waals surface area contributed by atoms with Crippen LogP contribution < -0.4 is 16.4 Å². The Bertz CT molecular complexity index is 255. The number of carbonyl (C=O) groups excluding carboxylic acids is 1. The van der Waals surface area contributed by atoms with Crippen LogP contribution in [0.4, 0.5) is 0 Å². The van der Waals surface area contributed by atoms with Crippen LogP contribution in [-0.2, 0) is 9.59 Å². The number of carboxylic acids is 1. The third-order valence-corrected chi connectivity index (χ3v) is 2.46. The van der Waals surface area contributed by atoms with Crippen molar-refractivity contribution in [3.05, 3.63) is 0 Å². The Morgan fingerprint density at radius 3 is 2.80 bits per heavy atom. The number of carboxylic acid groups (broad SMARTS) is 1. The smallest absolute Gasteiger partial charge is 0.320 e. The zero-order chi connectivity index (χ0) is 11.4. The molecule has 1 aliphatic rings. The molecule has 3 atom stereocenters. The van der Waals surface area contributed by atoms with Gasteiger partial charge in [0.25, 0.3) is 0 Å². The van der Waals surface area contributed by atoms with E-state index in [2.05, 4.69) is 10.6 Å². The highest BCUT2D eigenvalue weighted by Crippen LogP contribution is 2.08. The summed E-state index contributed by atoms with van der Waals surface area (Å²) in [5.41, 5.74) is 5.40. The van der Waals surface area contributed by atoms with Crippen molar-refractivity contribution in [3.8, 4) is 0 Å². The summed E-state index contributed by atoms with van der Waals surface area (Å²) >= 11 is 0. The highest BCUT2D eigenvalue weighted by atomic mass is 16.4. The molecule has 15 heavy (non-hydrogen) atoms. The minimum Gasteiger partial charge on any atom is -0.480 e. The van der Waals surface area contributed by atoms with E-state index >= 15 is 0 Å². The summed E-state index contributed by atoms with van der Waals surface area (Å²) in [7, 11) is 0. The van der Waals surface area contributed by atoms with Gasteiger partial charge in [0, 0.05) is 6.04 Å². The molecule has 1 saturated heterocycles. The number of nitrogens with one attached hydrogen (secondary N) is 2. The summed E-state index contributed by atoms with van der Waals surface area (Å²) < 4.78 is 0. The molecule has 1 heterocycles. The minimum absolute atomic E-state index is 0.0918. The monoisotopic (exact) mass is 215 g/mol. The fraction of sp³-hybridized carbons (Fsp3) is 0.778. The van der Waals surface area contributed by atoms with E-state index in [1.807, 2.05) is 0 Å². The normalized spacial score (nSPS) is 28.1. The van der Waals surface area contributed by atoms with Crippen LogP contribution in [0.5, 0.6) is 0 Å². The molecule has 6 heteroatoms. The van der Waals surface area contributed by atoms with Gasteiger partial charge in [-0.25, -0.2) is 0 Å². The Kier molecular flexibility index (Phi) is 4.05. The lowest BCUT2D eigenvalue weighted by Gasteiger charge is -2.28. The van der Waals surface area contributed by atoms with Crippen molar-refractivity contribution in [1.82, 2.24) is 10.6 Å². The number of carbonyl (C=O) groups is 2. The van der Waals surface area contributed by atoms with Crippen LogP contribution in [0.3, 0.4) is 0 Å². The van der Waals surface area contributed by atoms with Crippen LogP contribution in [-0.4, -0.2) is 41.7 Å². The van der Waals surface area contributed by atoms with E-state index in [9.17, 15) is 9.59 Å². The van der Waals surface area contributed by atoms with E-state index < -0.39 is 18.1 Å². The number of piperidine rings is 1. The summed E-state index contributed by atoms with van der Waals surface area (Å²) in [6.07, 6.45) is 1.15. The molecule has 0 radical (unpaired) electrons. The van der Waals surface area contributed by atoms with Gasteiger partial charge in [0.05, 0.1) is 6.04 Å². The van der Waals surface area contributed by atoms with E-state index in [4.69, 9.17) is 10.8 Å². The van der Waals surface area contributed by atoms with Crippen LogP contribution in [0.1, 0.15) is 19.8 Å². The van der Waals surface area contributed by atoms with Crippen molar-refractivity contribution in [1.29, 1.82) is 0 Å². The number of hydrogen-bond acceptors (Lipinski definition) is 4. The topological polar surface area (TPSA) is 104 Å². The van der Waals surface area contributed by atoms with Gasteiger partial charge in [0.15, 0.2) is 0 Å². The Labute approximate surface area is 88.2 Å². The molecular weight excluding hydrogens is 198 g/mol. The molecule has 1 amide bonds. The minimum atomic E-state index is -0.880. The first-order chi connectivity index (χ1) is 7.00. The Hall–Kier alpha value is -1.14. The lowest BCUT2D eigenvalue weighted by atomic mass is 9.99. The van der Waals surface area contributed by atoms with Crippen LogP contribution in [0, 0.1) is 0 Å². The molecule has 0 unspecified atom stereocenters. The van der Waals surface area contributed by atoms with E-state index in [0.29, 0.717) is 13.0 Å². The molecule has 0 aromatic carbocycles. The van der Waals surface area contributed by atoms with Gasteiger partial charge < -0.3 is 21.5 Å². The maximum atomic E-state index is 11.3. The molecule has 0 saturated carbocycles. The van der Waals surface area contributed by atoms with Gasteiger partial charge >= 0.3 is 5.97 Å². The van der Waals surface area contributed by atoms with Gasteiger partial charge in [-0.2, -0.15) is 0 Å². The molecule has 0 aromatic heterocycles. The summed E-state index contributed by atoms with van der Waals surface area (Å²) in [5, 5.41) is 14.4. The maximum Gasteiger partial charge on any atom is 0.320 e. The fourth-order valence-corrected chi connectivity index (χ4v) is 1.57. The van der Waals surface area contributed by atoms with Gasteiger partial charge in [-0.15, -0.1) is 0 Å². The molecule has 6 nitrogen and oxygen atoms in total. The molecule has 1 aliphatic heterocycles. The number of rotatable bonds is 3. The Morgan fingerprint density at radius 2 is 2.27 bits per heavy atom. The second-order valence-corrected chi connectivity index (χ2v) is 3.86. The molecule has 5 N–H and O–H groups in total. The summed E-state index contributed by atoms with van der Waals surface area (Å²) in [4.78, 5) is 22.0. The summed E-state index contributed by atoms with van der Waals surface area (Å²) in [6, 6.07) is -1.22. The van der Waals surface area contributed by atoms with Crippen LogP contribution >= 0.6 is 0 Å². The molecule has 0 bridgehead atoms. The van der Waals surface area contributed by atoms with E-state index in [1.165, 1.54) is 0 Å². The van der Waals surface area contributed by atoms with Gasteiger partial charge in [-0.05, 0) is 26.3 Å². The van der Waals surface area contributed by atoms with E-state index in [-0.39, 0.29) is 11.9 Å². The lowest BCUT2D eigenvalue weighted by Crippen LogP contribution is -2.53. The van der Waals surface area contributed by atoms with Crippen molar-refractivity contribution in [2.45, 2.75) is 37.9 Å². The number of amides is 1. The van der Waals surface area contributed by atoms with Crippen molar-refractivity contribution < 1.29 is 14.7 Å². The average molecular weight is 215 g/mol. The predicted molar refractivity (Wildman–Crippen MR) is 54.2 cm³/mol. The summed E-state index contributed by atoms with van der Waals surface area (Å²) in [6.45, 7) is 2.20. The molecule has 1 fully saturated rings. The first-order valence-electron chi connectivity index (χ1n) is 5.03. The molecule has 0 aliphatic carbocycles. The number of nitrogens with two attached hydrogens (primary N) is 1. The van der Waals surface area contributed by atoms with Gasteiger partial charge in [0.1, 0.15) is 6.04 Å². The first kappa shape index (κ1) is 11.9.